The SMILES string of the molecule is CC(C)(N)CN1CCN(C(=O)c2ccc([N+](=O)[O-])s2)CC1. The van der Waals surface area contributed by atoms with Crippen LogP contribution in [0.5, 0.6) is 0 Å². The van der Waals surface area contributed by atoms with Gasteiger partial charge in [-0.25, -0.2) is 0 Å². The first kappa shape index (κ1) is 15.9. The number of carbonyl (C=O) groups is 1. The highest BCUT2D eigenvalue weighted by Gasteiger charge is 2.26. The summed E-state index contributed by atoms with van der Waals surface area (Å²) in [6.45, 7) is 7.56. The van der Waals surface area contributed by atoms with Gasteiger partial charge in [-0.15, -0.1) is 0 Å². The van der Waals surface area contributed by atoms with Crippen molar-refractivity contribution in [1.29, 1.82) is 0 Å². The summed E-state index contributed by atoms with van der Waals surface area (Å²) in [5.41, 5.74) is 5.75. The Morgan fingerprint density at radius 2 is 2.00 bits per heavy atom. The predicted molar refractivity (Wildman–Crippen MR) is 81.6 cm³/mol. The zero-order valence-electron chi connectivity index (χ0n) is 12.2. The van der Waals surface area contributed by atoms with E-state index in [1.165, 1.54) is 12.1 Å². The van der Waals surface area contributed by atoms with E-state index in [9.17, 15) is 14.9 Å². The van der Waals surface area contributed by atoms with E-state index in [0.717, 1.165) is 31.0 Å². The second-order valence-corrected chi connectivity index (χ2v) is 7.01. The van der Waals surface area contributed by atoms with E-state index in [1.807, 2.05) is 13.8 Å². The van der Waals surface area contributed by atoms with E-state index in [1.54, 1.807) is 4.90 Å². The molecule has 0 unspecified atom stereocenters. The molecule has 0 spiro atoms. The molecule has 1 aliphatic heterocycles. The number of amides is 1. The molecule has 0 saturated carbocycles. The van der Waals surface area contributed by atoms with Crippen LogP contribution in [-0.4, -0.2) is 58.9 Å². The van der Waals surface area contributed by atoms with Crippen LogP contribution < -0.4 is 5.73 Å². The average molecular weight is 312 g/mol. The monoisotopic (exact) mass is 312 g/mol. The predicted octanol–water partition coefficient (Wildman–Crippen LogP) is 1.15. The van der Waals surface area contributed by atoms with Gasteiger partial charge in [-0.1, -0.05) is 11.3 Å². The Morgan fingerprint density at radius 3 is 2.48 bits per heavy atom. The van der Waals surface area contributed by atoms with Gasteiger partial charge in [0.05, 0.1) is 9.80 Å². The molecule has 8 heteroatoms. The van der Waals surface area contributed by atoms with Crippen LogP contribution in [0.2, 0.25) is 0 Å². The lowest BCUT2D eigenvalue weighted by Crippen LogP contribution is -2.54. The second kappa shape index (κ2) is 6.08. The van der Waals surface area contributed by atoms with Crippen molar-refractivity contribution >= 4 is 22.2 Å². The third-order valence-electron chi connectivity index (χ3n) is 3.27. The maximum absolute atomic E-state index is 12.3. The van der Waals surface area contributed by atoms with E-state index < -0.39 is 4.92 Å². The Hall–Kier alpha value is -1.51. The maximum Gasteiger partial charge on any atom is 0.324 e. The summed E-state index contributed by atoms with van der Waals surface area (Å²) in [5, 5.41) is 10.7. The van der Waals surface area contributed by atoms with Crippen LogP contribution in [-0.2, 0) is 0 Å². The van der Waals surface area contributed by atoms with E-state index in [4.69, 9.17) is 5.73 Å². The van der Waals surface area contributed by atoms with Crippen LogP contribution in [0.25, 0.3) is 0 Å². The molecule has 0 atom stereocenters. The zero-order valence-corrected chi connectivity index (χ0v) is 13.1. The zero-order chi connectivity index (χ0) is 15.6. The van der Waals surface area contributed by atoms with Gasteiger partial charge >= 0.3 is 5.00 Å². The highest BCUT2D eigenvalue weighted by molar-refractivity contribution is 7.17. The van der Waals surface area contributed by atoms with Crippen LogP contribution in [0.4, 0.5) is 5.00 Å². The third-order valence-corrected chi connectivity index (χ3v) is 4.30. The van der Waals surface area contributed by atoms with Crippen molar-refractivity contribution in [3.8, 4) is 0 Å². The molecule has 0 radical (unpaired) electrons. The summed E-state index contributed by atoms with van der Waals surface area (Å²) in [6.07, 6.45) is 0. The van der Waals surface area contributed by atoms with E-state index in [-0.39, 0.29) is 16.4 Å². The van der Waals surface area contributed by atoms with Gasteiger partial charge in [0.25, 0.3) is 5.91 Å². The molecule has 1 aromatic heterocycles. The molecule has 7 nitrogen and oxygen atoms in total. The minimum Gasteiger partial charge on any atom is -0.335 e. The number of carbonyl (C=O) groups excluding carboxylic acids is 1. The van der Waals surface area contributed by atoms with Crippen molar-refractivity contribution in [1.82, 2.24) is 9.80 Å². The molecule has 1 aliphatic rings. The van der Waals surface area contributed by atoms with Gasteiger partial charge < -0.3 is 10.6 Å². The van der Waals surface area contributed by atoms with Gasteiger partial charge in [-0.2, -0.15) is 0 Å². The summed E-state index contributed by atoms with van der Waals surface area (Å²) in [5.74, 6) is -0.125. The second-order valence-electron chi connectivity index (χ2n) is 5.95. The molecular formula is C13H20N4O3S. The molecule has 116 valence electrons. The fourth-order valence-corrected chi connectivity index (χ4v) is 3.17. The highest BCUT2D eigenvalue weighted by Crippen LogP contribution is 2.25. The summed E-state index contributed by atoms with van der Waals surface area (Å²) >= 11 is 0.930. The number of hydrogen-bond donors (Lipinski definition) is 1. The number of hydrogen-bond acceptors (Lipinski definition) is 6. The van der Waals surface area contributed by atoms with Crippen LogP contribution in [0.3, 0.4) is 0 Å². The summed E-state index contributed by atoms with van der Waals surface area (Å²) < 4.78 is 0. The number of nitro groups is 1. The fourth-order valence-electron chi connectivity index (χ4n) is 2.38. The van der Waals surface area contributed by atoms with Crippen LogP contribution in [0.15, 0.2) is 12.1 Å². The minimum atomic E-state index is -0.470. The summed E-state index contributed by atoms with van der Waals surface area (Å²) in [6, 6.07) is 2.91. The van der Waals surface area contributed by atoms with E-state index in [2.05, 4.69) is 4.90 Å². The standard InChI is InChI=1S/C13H20N4O3S/c1-13(2,14)9-15-5-7-16(8-6-15)12(18)10-3-4-11(21-10)17(19)20/h3-4H,5-9,14H2,1-2H3. The lowest BCUT2D eigenvalue weighted by molar-refractivity contribution is -0.380. The molecule has 1 amide bonds. The van der Waals surface area contributed by atoms with Crippen molar-refractivity contribution < 1.29 is 9.72 Å². The molecule has 2 heterocycles. The highest BCUT2D eigenvalue weighted by atomic mass is 32.1. The smallest absolute Gasteiger partial charge is 0.324 e. The Labute approximate surface area is 127 Å². The normalized spacial score (nSPS) is 17.0. The van der Waals surface area contributed by atoms with Crippen molar-refractivity contribution in [2.45, 2.75) is 19.4 Å². The molecule has 0 bridgehead atoms. The Bertz CT molecular complexity index is 530. The third kappa shape index (κ3) is 4.23. The molecule has 1 fully saturated rings. The molecule has 1 aromatic rings. The van der Waals surface area contributed by atoms with Crippen LogP contribution >= 0.6 is 11.3 Å². The van der Waals surface area contributed by atoms with Gasteiger partial charge in [-0.05, 0) is 19.9 Å². The summed E-state index contributed by atoms with van der Waals surface area (Å²) in [4.78, 5) is 26.9. The first-order valence-electron chi connectivity index (χ1n) is 6.81. The number of nitrogens with two attached hydrogens (primary N) is 1. The molecule has 21 heavy (non-hydrogen) atoms. The quantitative estimate of drug-likeness (QED) is 0.665. The van der Waals surface area contributed by atoms with Gasteiger partial charge in [-0.3, -0.25) is 19.8 Å². The Morgan fingerprint density at radius 1 is 1.38 bits per heavy atom. The molecular weight excluding hydrogens is 292 g/mol. The largest absolute Gasteiger partial charge is 0.335 e. The molecule has 0 aromatic carbocycles. The molecule has 2 N–H and O–H groups in total. The van der Waals surface area contributed by atoms with Crippen molar-refractivity contribution in [2.24, 2.45) is 5.73 Å². The van der Waals surface area contributed by atoms with Gasteiger partial charge in [0.2, 0.25) is 0 Å². The maximum atomic E-state index is 12.3. The molecule has 1 saturated heterocycles. The van der Waals surface area contributed by atoms with Crippen LogP contribution in [0.1, 0.15) is 23.5 Å². The van der Waals surface area contributed by atoms with Crippen molar-refractivity contribution in [3.05, 3.63) is 27.1 Å². The number of rotatable bonds is 4. The topological polar surface area (TPSA) is 92.7 Å². The Kier molecular flexibility index (Phi) is 4.60. The lowest BCUT2D eigenvalue weighted by Gasteiger charge is -2.37. The minimum absolute atomic E-state index is 0.00173. The average Bonchev–Trinajstić information content (AvgIpc) is 2.86. The molecule has 0 aliphatic carbocycles. The lowest BCUT2D eigenvalue weighted by atomic mass is 10.1. The molecule has 2 rings (SSSR count). The number of nitrogens with zero attached hydrogens (tertiary/aromatic N) is 3. The van der Waals surface area contributed by atoms with E-state index in [0.29, 0.717) is 18.0 Å². The van der Waals surface area contributed by atoms with Crippen molar-refractivity contribution in [3.63, 3.8) is 0 Å². The Balaban J connectivity index is 1.92. The first-order valence-corrected chi connectivity index (χ1v) is 7.63. The fraction of sp³-hybridized carbons (Fsp3) is 0.615. The van der Waals surface area contributed by atoms with Crippen LogP contribution in [0, 0.1) is 10.1 Å². The number of piperazine rings is 1. The first-order chi connectivity index (χ1) is 9.76. The summed E-state index contributed by atoms with van der Waals surface area (Å²) in [7, 11) is 0. The number of thiophene rings is 1. The van der Waals surface area contributed by atoms with E-state index >= 15 is 0 Å². The van der Waals surface area contributed by atoms with Crippen molar-refractivity contribution in [2.75, 3.05) is 32.7 Å². The van der Waals surface area contributed by atoms with Gasteiger partial charge in [0.15, 0.2) is 0 Å². The van der Waals surface area contributed by atoms with Gasteiger partial charge in [0.1, 0.15) is 0 Å². The van der Waals surface area contributed by atoms with Gasteiger partial charge in [0, 0.05) is 44.3 Å².